The second-order valence-corrected chi connectivity index (χ2v) is 7.19. The fraction of sp³-hybridized carbons (Fsp3) is 0.368. The van der Waals surface area contributed by atoms with E-state index in [0.717, 1.165) is 28.1 Å². The van der Waals surface area contributed by atoms with Crippen molar-refractivity contribution in [2.24, 2.45) is 0 Å². The Labute approximate surface area is 154 Å². The van der Waals surface area contributed by atoms with Gasteiger partial charge in [-0.05, 0) is 47.9 Å². The minimum Gasteiger partial charge on any atom is -0.484 e. The Hall–Kier alpha value is -2.08. The molecule has 0 saturated heterocycles. The number of hydrogen-bond acceptors (Lipinski definition) is 4. The summed E-state index contributed by atoms with van der Waals surface area (Å²) in [5, 5.41) is 4.93. The number of carbonyl (C=O) groups is 2. The maximum Gasteiger partial charge on any atom is 0.331 e. The van der Waals surface area contributed by atoms with Crippen LogP contribution < -0.4 is 10.1 Å². The molecule has 1 aliphatic rings. The van der Waals surface area contributed by atoms with Gasteiger partial charge in [-0.2, -0.15) is 0 Å². The van der Waals surface area contributed by atoms with E-state index < -0.39 is 5.54 Å². The predicted molar refractivity (Wildman–Crippen MR) is 98.5 cm³/mol. The van der Waals surface area contributed by atoms with Crippen LogP contribution in [0.15, 0.2) is 40.9 Å². The average Bonchev–Trinajstić information content (AvgIpc) is 3.08. The SMILES string of the molecule is COC(=O)C1(NC(=O)COc2ccc3cc(Br)ccc3c2)CCCC1. The first kappa shape index (κ1) is 17.7. The summed E-state index contributed by atoms with van der Waals surface area (Å²) in [5.74, 6) is -0.0821. The zero-order valence-electron chi connectivity index (χ0n) is 14.0. The van der Waals surface area contributed by atoms with Gasteiger partial charge >= 0.3 is 5.97 Å². The highest BCUT2D eigenvalue weighted by molar-refractivity contribution is 9.10. The Morgan fingerprint density at radius 1 is 1.12 bits per heavy atom. The number of ether oxygens (including phenoxy) is 2. The van der Waals surface area contributed by atoms with Crippen molar-refractivity contribution in [1.82, 2.24) is 5.32 Å². The Morgan fingerprint density at radius 2 is 1.80 bits per heavy atom. The Bertz CT molecular complexity index is 799. The third-order valence-electron chi connectivity index (χ3n) is 4.56. The van der Waals surface area contributed by atoms with E-state index in [1.165, 1.54) is 7.11 Å². The summed E-state index contributed by atoms with van der Waals surface area (Å²) in [6, 6.07) is 11.6. The number of amides is 1. The highest BCUT2D eigenvalue weighted by Gasteiger charge is 2.43. The maximum absolute atomic E-state index is 12.3. The molecular formula is C19H20BrNO4. The van der Waals surface area contributed by atoms with Crippen molar-refractivity contribution in [1.29, 1.82) is 0 Å². The summed E-state index contributed by atoms with van der Waals surface area (Å²) in [5.41, 5.74) is -0.898. The molecule has 0 atom stereocenters. The van der Waals surface area contributed by atoms with E-state index in [4.69, 9.17) is 9.47 Å². The third-order valence-corrected chi connectivity index (χ3v) is 5.05. The summed E-state index contributed by atoms with van der Waals surface area (Å²) in [6.07, 6.45) is 3.01. The molecule has 6 heteroatoms. The molecule has 0 heterocycles. The van der Waals surface area contributed by atoms with E-state index in [-0.39, 0.29) is 18.5 Å². The lowest BCUT2D eigenvalue weighted by Crippen LogP contribution is -2.54. The molecule has 3 rings (SSSR count). The lowest BCUT2D eigenvalue weighted by Gasteiger charge is -2.27. The largest absolute Gasteiger partial charge is 0.484 e. The lowest BCUT2D eigenvalue weighted by molar-refractivity contribution is -0.151. The van der Waals surface area contributed by atoms with Gasteiger partial charge in [0.05, 0.1) is 7.11 Å². The molecule has 0 unspecified atom stereocenters. The minimum atomic E-state index is -0.898. The number of halogens is 1. The van der Waals surface area contributed by atoms with Crippen LogP contribution in [0.1, 0.15) is 25.7 Å². The maximum atomic E-state index is 12.3. The average molecular weight is 406 g/mol. The molecule has 0 bridgehead atoms. The molecule has 1 aliphatic carbocycles. The van der Waals surface area contributed by atoms with Gasteiger partial charge in [0.15, 0.2) is 6.61 Å². The molecular weight excluding hydrogens is 386 g/mol. The second-order valence-electron chi connectivity index (χ2n) is 6.27. The molecule has 0 aliphatic heterocycles. The molecule has 0 aromatic heterocycles. The first-order valence-corrected chi connectivity index (χ1v) is 9.03. The van der Waals surface area contributed by atoms with Crippen LogP contribution in [0.3, 0.4) is 0 Å². The van der Waals surface area contributed by atoms with Gasteiger partial charge < -0.3 is 14.8 Å². The van der Waals surface area contributed by atoms with Crippen molar-refractivity contribution >= 4 is 38.6 Å². The highest BCUT2D eigenvalue weighted by atomic mass is 79.9. The highest BCUT2D eigenvalue weighted by Crippen LogP contribution is 2.31. The standard InChI is InChI=1S/C19H20BrNO4/c1-24-18(23)19(8-2-3-9-19)21-17(22)12-25-16-7-5-13-10-15(20)6-4-14(13)11-16/h4-7,10-11H,2-3,8-9,12H2,1H3,(H,21,22). The molecule has 25 heavy (non-hydrogen) atoms. The van der Waals surface area contributed by atoms with Crippen LogP contribution >= 0.6 is 15.9 Å². The minimum absolute atomic E-state index is 0.138. The summed E-state index contributed by atoms with van der Waals surface area (Å²) >= 11 is 3.44. The zero-order valence-corrected chi connectivity index (χ0v) is 15.6. The fourth-order valence-corrected chi connectivity index (χ4v) is 3.67. The van der Waals surface area contributed by atoms with E-state index in [1.54, 1.807) is 0 Å². The number of carbonyl (C=O) groups excluding carboxylic acids is 2. The molecule has 132 valence electrons. The Balaban J connectivity index is 1.64. The number of rotatable bonds is 5. The van der Waals surface area contributed by atoms with Crippen molar-refractivity contribution < 1.29 is 19.1 Å². The molecule has 1 saturated carbocycles. The lowest BCUT2D eigenvalue weighted by atomic mass is 9.98. The number of methoxy groups -OCH3 is 1. The van der Waals surface area contributed by atoms with E-state index in [0.29, 0.717) is 18.6 Å². The molecule has 1 N–H and O–H groups in total. The first-order chi connectivity index (χ1) is 12.0. The Morgan fingerprint density at radius 3 is 2.52 bits per heavy atom. The van der Waals surface area contributed by atoms with Crippen LogP contribution in [0.4, 0.5) is 0 Å². The topological polar surface area (TPSA) is 64.6 Å². The predicted octanol–water partition coefficient (Wildman–Crippen LogP) is 3.58. The third kappa shape index (κ3) is 3.95. The summed E-state index contributed by atoms with van der Waals surface area (Å²) in [4.78, 5) is 24.3. The summed E-state index contributed by atoms with van der Waals surface area (Å²) in [6.45, 7) is -0.138. The number of benzene rings is 2. The summed E-state index contributed by atoms with van der Waals surface area (Å²) < 4.78 is 11.5. The molecule has 0 radical (unpaired) electrons. The van der Waals surface area contributed by atoms with Crippen LogP contribution in [-0.2, 0) is 14.3 Å². The van der Waals surface area contributed by atoms with Crippen LogP contribution in [0.2, 0.25) is 0 Å². The number of hydrogen-bond donors (Lipinski definition) is 1. The number of esters is 1. The van der Waals surface area contributed by atoms with E-state index in [9.17, 15) is 9.59 Å². The van der Waals surface area contributed by atoms with E-state index >= 15 is 0 Å². The van der Waals surface area contributed by atoms with Gasteiger partial charge in [-0.3, -0.25) is 4.79 Å². The van der Waals surface area contributed by atoms with Crippen molar-refractivity contribution in [3.05, 3.63) is 40.9 Å². The first-order valence-electron chi connectivity index (χ1n) is 8.24. The van der Waals surface area contributed by atoms with Crippen LogP contribution in [-0.4, -0.2) is 31.1 Å². The molecule has 1 fully saturated rings. The number of nitrogens with one attached hydrogen (secondary N) is 1. The van der Waals surface area contributed by atoms with Gasteiger partial charge in [0.25, 0.3) is 5.91 Å². The normalized spacial score (nSPS) is 15.8. The fourth-order valence-electron chi connectivity index (χ4n) is 3.29. The van der Waals surface area contributed by atoms with E-state index in [2.05, 4.69) is 21.2 Å². The summed E-state index contributed by atoms with van der Waals surface area (Å²) in [7, 11) is 1.35. The molecule has 5 nitrogen and oxygen atoms in total. The second kappa shape index (κ2) is 7.44. The van der Waals surface area contributed by atoms with Crippen LogP contribution in [0.25, 0.3) is 10.8 Å². The number of fused-ring (bicyclic) bond motifs is 1. The Kier molecular flexibility index (Phi) is 5.27. The van der Waals surface area contributed by atoms with Crippen molar-refractivity contribution in [2.75, 3.05) is 13.7 Å². The van der Waals surface area contributed by atoms with Crippen molar-refractivity contribution in [3.8, 4) is 5.75 Å². The quantitative estimate of drug-likeness (QED) is 0.771. The molecule has 0 spiro atoms. The molecule has 2 aromatic carbocycles. The van der Waals surface area contributed by atoms with Gasteiger partial charge in [-0.15, -0.1) is 0 Å². The monoisotopic (exact) mass is 405 g/mol. The van der Waals surface area contributed by atoms with E-state index in [1.807, 2.05) is 36.4 Å². The van der Waals surface area contributed by atoms with Crippen LogP contribution in [0, 0.1) is 0 Å². The zero-order chi connectivity index (χ0) is 17.9. The smallest absolute Gasteiger partial charge is 0.331 e. The van der Waals surface area contributed by atoms with Crippen molar-refractivity contribution in [3.63, 3.8) is 0 Å². The van der Waals surface area contributed by atoms with Gasteiger partial charge in [0, 0.05) is 4.47 Å². The van der Waals surface area contributed by atoms with Crippen LogP contribution in [0.5, 0.6) is 5.75 Å². The van der Waals surface area contributed by atoms with Gasteiger partial charge in [-0.25, -0.2) is 4.79 Å². The van der Waals surface area contributed by atoms with Crippen molar-refractivity contribution in [2.45, 2.75) is 31.2 Å². The molecule has 1 amide bonds. The van der Waals surface area contributed by atoms with Gasteiger partial charge in [0.1, 0.15) is 11.3 Å². The molecule has 2 aromatic rings. The van der Waals surface area contributed by atoms with Gasteiger partial charge in [0.2, 0.25) is 0 Å². The van der Waals surface area contributed by atoms with Gasteiger partial charge in [-0.1, -0.05) is 40.9 Å².